The lowest BCUT2D eigenvalue weighted by molar-refractivity contribution is -0.144. The molecule has 98 valence electrons. The van der Waals surface area contributed by atoms with Crippen LogP contribution in [0.25, 0.3) is 0 Å². The summed E-state index contributed by atoms with van der Waals surface area (Å²) in [4.78, 5) is 22.7. The molecule has 0 aliphatic heterocycles. The number of ether oxygens (including phenoxy) is 1. The van der Waals surface area contributed by atoms with E-state index in [4.69, 9.17) is 9.84 Å². The van der Waals surface area contributed by atoms with Crippen molar-refractivity contribution in [2.24, 2.45) is 0 Å². The van der Waals surface area contributed by atoms with Gasteiger partial charge in [0.15, 0.2) is 17.3 Å². The Bertz CT molecular complexity index is 466. The normalized spacial score (nSPS) is 13.7. The Morgan fingerprint density at radius 2 is 1.94 bits per heavy atom. The van der Waals surface area contributed by atoms with Gasteiger partial charge in [0.2, 0.25) is 0 Å². The van der Waals surface area contributed by atoms with Crippen LogP contribution in [0.3, 0.4) is 0 Å². The van der Waals surface area contributed by atoms with Crippen LogP contribution in [-0.4, -0.2) is 40.3 Å². The van der Waals surface area contributed by atoms with E-state index in [0.29, 0.717) is 0 Å². The zero-order chi connectivity index (χ0) is 13.9. The van der Waals surface area contributed by atoms with Gasteiger partial charge in [-0.2, -0.15) is 0 Å². The number of carboxylic acids is 1. The molecular formula is C12H14O6. The predicted molar refractivity (Wildman–Crippen MR) is 61.7 cm³/mol. The average Bonchev–Trinajstić information content (AvgIpc) is 2.30. The van der Waals surface area contributed by atoms with Crippen LogP contribution in [-0.2, 0) is 9.59 Å². The van der Waals surface area contributed by atoms with Crippen molar-refractivity contribution >= 4 is 11.8 Å². The minimum absolute atomic E-state index is 0.0668. The van der Waals surface area contributed by atoms with E-state index in [-0.39, 0.29) is 17.1 Å². The molecule has 18 heavy (non-hydrogen) atoms. The molecule has 0 amide bonds. The van der Waals surface area contributed by atoms with Crippen molar-refractivity contribution in [3.63, 3.8) is 0 Å². The predicted octanol–water partition coefficient (Wildman–Crippen LogP) is 0.519. The third-order valence-electron chi connectivity index (χ3n) is 2.48. The molecule has 3 N–H and O–H groups in total. The number of hydrogen-bond acceptors (Lipinski definition) is 5. The maximum Gasteiger partial charge on any atom is 0.318 e. The van der Waals surface area contributed by atoms with Gasteiger partial charge in [0, 0.05) is 0 Å². The second kappa shape index (κ2) is 5.50. The first-order valence-electron chi connectivity index (χ1n) is 5.20. The molecule has 0 aromatic heterocycles. The van der Waals surface area contributed by atoms with E-state index in [1.165, 1.54) is 32.2 Å². The minimum Gasteiger partial charge on any atom is -0.504 e. The zero-order valence-corrected chi connectivity index (χ0v) is 9.95. The summed E-state index contributed by atoms with van der Waals surface area (Å²) in [5.74, 6) is -3.77. The number of aliphatic hydroxyl groups is 1. The van der Waals surface area contributed by atoms with Gasteiger partial charge in [0.1, 0.15) is 12.0 Å². The molecule has 0 aliphatic rings. The number of aromatic hydroxyl groups is 1. The summed E-state index contributed by atoms with van der Waals surface area (Å²) < 4.78 is 4.84. The first kappa shape index (κ1) is 14.0. The fourth-order valence-corrected chi connectivity index (χ4v) is 1.54. The van der Waals surface area contributed by atoms with Gasteiger partial charge < -0.3 is 20.1 Å². The van der Waals surface area contributed by atoms with Crippen LogP contribution < -0.4 is 4.74 Å². The molecule has 1 aromatic rings. The lowest BCUT2D eigenvalue weighted by Crippen LogP contribution is -2.29. The fraction of sp³-hybridized carbons (Fsp3) is 0.333. The molecule has 6 heteroatoms. The Morgan fingerprint density at radius 3 is 2.39 bits per heavy atom. The highest BCUT2D eigenvalue weighted by molar-refractivity contribution is 6.05. The molecule has 1 rings (SSSR count). The number of carboxylic acid groups (broad SMARTS) is 1. The molecule has 1 aromatic carbocycles. The lowest BCUT2D eigenvalue weighted by atomic mass is 9.92. The van der Waals surface area contributed by atoms with Crippen LogP contribution in [0.1, 0.15) is 18.4 Å². The number of ketones is 1. The second-order valence-corrected chi connectivity index (χ2v) is 3.78. The highest BCUT2D eigenvalue weighted by Crippen LogP contribution is 2.30. The third kappa shape index (κ3) is 2.78. The number of methoxy groups -OCH3 is 1. The van der Waals surface area contributed by atoms with Crippen LogP contribution in [0, 0.1) is 0 Å². The van der Waals surface area contributed by atoms with Crippen LogP contribution >= 0.6 is 0 Å². The fourth-order valence-electron chi connectivity index (χ4n) is 1.54. The smallest absolute Gasteiger partial charge is 0.318 e. The number of carbonyl (C=O) groups is 2. The molecule has 0 fully saturated rings. The van der Waals surface area contributed by atoms with Gasteiger partial charge in [0.05, 0.1) is 7.11 Å². The molecule has 0 radical (unpaired) electrons. The van der Waals surface area contributed by atoms with Crippen LogP contribution in [0.15, 0.2) is 18.2 Å². The molecule has 0 spiro atoms. The highest BCUT2D eigenvalue weighted by Gasteiger charge is 2.31. The van der Waals surface area contributed by atoms with Crippen molar-refractivity contribution < 1.29 is 29.6 Å². The lowest BCUT2D eigenvalue weighted by Gasteiger charge is -2.14. The zero-order valence-electron chi connectivity index (χ0n) is 9.95. The van der Waals surface area contributed by atoms with Gasteiger partial charge in [-0.3, -0.25) is 9.59 Å². The van der Waals surface area contributed by atoms with Crippen LogP contribution in [0.2, 0.25) is 0 Å². The van der Waals surface area contributed by atoms with E-state index in [2.05, 4.69) is 0 Å². The molecular weight excluding hydrogens is 240 g/mol. The van der Waals surface area contributed by atoms with Gasteiger partial charge >= 0.3 is 5.97 Å². The third-order valence-corrected chi connectivity index (χ3v) is 2.48. The molecule has 0 aliphatic carbocycles. The molecule has 2 unspecified atom stereocenters. The topological polar surface area (TPSA) is 104 Å². The number of phenols is 1. The summed E-state index contributed by atoms with van der Waals surface area (Å²) >= 11 is 0. The molecule has 0 saturated heterocycles. The van der Waals surface area contributed by atoms with E-state index in [1.54, 1.807) is 0 Å². The first-order chi connectivity index (χ1) is 8.38. The maximum atomic E-state index is 11.6. The van der Waals surface area contributed by atoms with Gasteiger partial charge in [-0.05, 0) is 24.6 Å². The maximum absolute atomic E-state index is 11.6. The quantitative estimate of drug-likeness (QED) is 0.662. The van der Waals surface area contributed by atoms with Gasteiger partial charge in [-0.25, -0.2) is 0 Å². The Morgan fingerprint density at radius 1 is 1.33 bits per heavy atom. The van der Waals surface area contributed by atoms with Crippen molar-refractivity contribution in [1.29, 1.82) is 0 Å². The van der Waals surface area contributed by atoms with Crippen molar-refractivity contribution in [3.8, 4) is 11.5 Å². The number of benzene rings is 1. The van der Waals surface area contributed by atoms with E-state index in [9.17, 15) is 19.8 Å². The van der Waals surface area contributed by atoms with E-state index in [1.807, 2.05) is 0 Å². The number of aliphatic hydroxyl groups excluding tert-OH is 1. The van der Waals surface area contributed by atoms with Crippen molar-refractivity contribution in [2.45, 2.75) is 18.9 Å². The molecule has 2 atom stereocenters. The number of hydrogen-bond donors (Lipinski definition) is 3. The second-order valence-electron chi connectivity index (χ2n) is 3.78. The van der Waals surface area contributed by atoms with Crippen LogP contribution in [0.4, 0.5) is 0 Å². The molecule has 6 nitrogen and oxygen atoms in total. The molecule has 0 heterocycles. The van der Waals surface area contributed by atoms with E-state index < -0.39 is 23.8 Å². The van der Waals surface area contributed by atoms with Crippen molar-refractivity contribution in [3.05, 3.63) is 23.8 Å². The van der Waals surface area contributed by atoms with Crippen LogP contribution in [0.5, 0.6) is 11.5 Å². The highest BCUT2D eigenvalue weighted by atomic mass is 16.5. The number of aliphatic carboxylic acids is 1. The monoisotopic (exact) mass is 254 g/mol. The largest absolute Gasteiger partial charge is 0.504 e. The summed E-state index contributed by atoms with van der Waals surface area (Å²) in [6.45, 7) is 1.20. The van der Waals surface area contributed by atoms with Crippen molar-refractivity contribution in [1.82, 2.24) is 0 Å². The summed E-state index contributed by atoms with van der Waals surface area (Å²) in [6, 6.07) is 3.80. The summed E-state index contributed by atoms with van der Waals surface area (Å²) in [6.07, 6.45) is -1.38. The first-order valence-corrected chi connectivity index (χ1v) is 5.20. The molecule has 0 saturated carbocycles. The average molecular weight is 254 g/mol. The summed E-state index contributed by atoms with van der Waals surface area (Å²) in [5, 5.41) is 27.6. The Labute approximate surface area is 103 Å². The van der Waals surface area contributed by atoms with E-state index in [0.717, 1.165) is 0 Å². The SMILES string of the molecule is COc1cc(C(C(=O)O)C(=O)C(C)O)ccc1O. The Hall–Kier alpha value is -2.08. The standard InChI is InChI=1S/C12H14O6/c1-6(13)11(15)10(12(16)17)7-3-4-8(14)9(5-7)18-2/h3-6,10,13-14H,1-2H3,(H,16,17). The summed E-state index contributed by atoms with van der Waals surface area (Å²) in [5.41, 5.74) is 0.142. The van der Waals surface area contributed by atoms with Gasteiger partial charge in [-0.15, -0.1) is 0 Å². The summed E-state index contributed by atoms with van der Waals surface area (Å²) in [7, 11) is 1.31. The number of Topliss-reactive ketones (excluding diaryl/α,β-unsaturated/α-hetero) is 1. The number of rotatable bonds is 5. The number of carbonyl (C=O) groups excluding carboxylic acids is 1. The van der Waals surface area contributed by atoms with E-state index >= 15 is 0 Å². The van der Waals surface area contributed by atoms with Crippen molar-refractivity contribution in [2.75, 3.05) is 7.11 Å². The van der Waals surface area contributed by atoms with Gasteiger partial charge in [-0.1, -0.05) is 6.07 Å². The van der Waals surface area contributed by atoms with Gasteiger partial charge in [0.25, 0.3) is 0 Å². The Kier molecular flexibility index (Phi) is 4.28. The number of phenolic OH excluding ortho intramolecular Hbond substituents is 1. The molecule has 0 bridgehead atoms. The minimum atomic E-state index is -1.49. The Balaban J connectivity index is 3.22.